The molecule has 2 amide bonds. The van der Waals surface area contributed by atoms with Crippen molar-refractivity contribution in [1.82, 2.24) is 5.32 Å². The first-order chi connectivity index (χ1) is 9.65. The SMILES string of the molecule is CCC(CO)NC(=O)c1cccc(N2CCCC2=O)c1. The molecule has 108 valence electrons. The van der Waals surface area contributed by atoms with Crippen LogP contribution in [0.3, 0.4) is 0 Å². The summed E-state index contributed by atoms with van der Waals surface area (Å²) >= 11 is 0. The van der Waals surface area contributed by atoms with Crippen LogP contribution < -0.4 is 10.2 Å². The number of aliphatic hydroxyl groups is 1. The second-order valence-corrected chi connectivity index (χ2v) is 4.96. The van der Waals surface area contributed by atoms with Gasteiger partial charge in [0.25, 0.3) is 5.91 Å². The van der Waals surface area contributed by atoms with Gasteiger partial charge in [-0.05, 0) is 31.0 Å². The van der Waals surface area contributed by atoms with E-state index in [2.05, 4.69) is 5.32 Å². The number of benzene rings is 1. The molecule has 2 rings (SSSR count). The minimum atomic E-state index is -0.237. The predicted octanol–water partition coefficient (Wildman–Crippen LogP) is 1.31. The maximum atomic E-state index is 12.1. The van der Waals surface area contributed by atoms with Gasteiger partial charge in [-0.3, -0.25) is 9.59 Å². The molecule has 1 atom stereocenters. The van der Waals surface area contributed by atoms with E-state index in [9.17, 15) is 9.59 Å². The maximum Gasteiger partial charge on any atom is 0.251 e. The molecule has 0 aromatic heterocycles. The van der Waals surface area contributed by atoms with E-state index in [4.69, 9.17) is 5.11 Å². The summed E-state index contributed by atoms with van der Waals surface area (Å²) in [5, 5.41) is 11.9. The lowest BCUT2D eigenvalue weighted by Gasteiger charge is -2.18. The third-order valence-electron chi connectivity index (χ3n) is 3.54. The first kappa shape index (κ1) is 14.5. The van der Waals surface area contributed by atoms with Crippen molar-refractivity contribution in [2.24, 2.45) is 0 Å². The summed E-state index contributed by atoms with van der Waals surface area (Å²) in [6, 6.07) is 6.81. The Bertz CT molecular complexity index is 498. The molecule has 0 radical (unpaired) electrons. The van der Waals surface area contributed by atoms with Crippen LogP contribution in [0.15, 0.2) is 24.3 Å². The van der Waals surface area contributed by atoms with Crippen molar-refractivity contribution >= 4 is 17.5 Å². The molecule has 1 aromatic carbocycles. The molecule has 1 aliphatic heterocycles. The van der Waals surface area contributed by atoms with Crippen molar-refractivity contribution in [3.8, 4) is 0 Å². The lowest BCUT2D eigenvalue weighted by Crippen LogP contribution is -2.37. The van der Waals surface area contributed by atoms with Crippen molar-refractivity contribution in [3.63, 3.8) is 0 Å². The Kier molecular flexibility index (Phi) is 4.74. The number of carbonyl (C=O) groups excluding carboxylic acids is 2. The molecule has 1 aromatic rings. The molecule has 0 spiro atoms. The molecule has 0 bridgehead atoms. The van der Waals surface area contributed by atoms with Gasteiger partial charge in [-0.2, -0.15) is 0 Å². The molecule has 0 saturated carbocycles. The van der Waals surface area contributed by atoms with Crippen LogP contribution in [0.25, 0.3) is 0 Å². The van der Waals surface area contributed by atoms with Crippen LogP contribution in [0, 0.1) is 0 Å². The molecule has 20 heavy (non-hydrogen) atoms. The van der Waals surface area contributed by atoms with E-state index in [0.717, 1.165) is 12.1 Å². The van der Waals surface area contributed by atoms with Crippen molar-refractivity contribution in [3.05, 3.63) is 29.8 Å². The Labute approximate surface area is 118 Å². The van der Waals surface area contributed by atoms with Gasteiger partial charge < -0.3 is 15.3 Å². The van der Waals surface area contributed by atoms with Gasteiger partial charge >= 0.3 is 0 Å². The minimum absolute atomic E-state index is 0.0768. The van der Waals surface area contributed by atoms with Crippen LogP contribution in [0.5, 0.6) is 0 Å². The smallest absolute Gasteiger partial charge is 0.251 e. The Morgan fingerprint density at radius 1 is 1.50 bits per heavy atom. The molecular weight excluding hydrogens is 256 g/mol. The van der Waals surface area contributed by atoms with E-state index in [1.807, 2.05) is 13.0 Å². The Morgan fingerprint density at radius 3 is 2.90 bits per heavy atom. The molecule has 1 unspecified atom stereocenters. The van der Waals surface area contributed by atoms with Crippen molar-refractivity contribution in [1.29, 1.82) is 0 Å². The van der Waals surface area contributed by atoms with Crippen LogP contribution in [-0.2, 0) is 4.79 Å². The molecule has 0 aliphatic carbocycles. The predicted molar refractivity (Wildman–Crippen MR) is 76.7 cm³/mol. The topological polar surface area (TPSA) is 69.6 Å². The van der Waals surface area contributed by atoms with Crippen LogP contribution in [0.1, 0.15) is 36.5 Å². The van der Waals surface area contributed by atoms with E-state index < -0.39 is 0 Å². The maximum absolute atomic E-state index is 12.1. The van der Waals surface area contributed by atoms with Gasteiger partial charge in [0, 0.05) is 24.2 Å². The highest BCUT2D eigenvalue weighted by molar-refractivity contribution is 5.99. The average molecular weight is 276 g/mol. The summed E-state index contributed by atoms with van der Waals surface area (Å²) in [5.41, 5.74) is 1.27. The normalized spacial score (nSPS) is 16.3. The van der Waals surface area contributed by atoms with Crippen LogP contribution in [-0.4, -0.2) is 36.1 Å². The van der Waals surface area contributed by atoms with Gasteiger partial charge in [-0.1, -0.05) is 13.0 Å². The van der Waals surface area contributed by atoms with Gasteiger partial charge in [0.15, 0.2) is 0 Å². The molecule has 1 heterocycles. The first-order valence-electron chi connectivity index (χ1n) is 6.98. The first-order valence-corrected chi connectivity index (χ1v) is 6.98. The highest BCUT2D eigenvalue weighted by Gasteiger charge is 2.22. The lowest BCUT2D eigenvalue weighted by atomic mass is 10.1. The van der Waals surface area contributed by atoms with Gasteiger partial charge in [0.1, 0.15) is 0 Å². The summed E-state index contributed by atoms with van der Waals surface area (Å²) in [6.45, 7) is 2.53. The highest BCUT2D eigenvalue weighted by atomic mass is 16.3. The average Bonchev–Trinajstić information content (AvgIpc) is 2.90. The highest BCUT2D eigenvalue weighted by Crippen LogP contribution is 2.22. The third kappa shape index (κ3) is 3.17. The van der Waals surface area contributed by atoms with E-state index in [-0.39, 0.29) is 24.5 Å². The fourth-order valence-corrected chi connectivity index (χ4v) is 2.28. The molecule has 5 nitrogen and oxygen atoms in total. The largest absolute Gasteiger partial charge is 0.394 e. The second-order valence-electron chi connectivity index (χ2n) is 4.96. The zero-order valence-corrected chi connectivity index (χ0v) is 11.6. The number of amides is 2. The summed E-state index contributed by atoms with van der Waals surface area (Å²) in [4.78, 5) is 25.5. The van der Waals surface area contributed by atoms with Gasteiger partial charge in [0.05, 0.1) is 12.6 Å². The lowest BCUT2D eigenvalue weighted by molar-refractivity contribution is -0.117. The fourth-order valence-electron chi connectivity index (χ4n) is 2.28. The number of hydrogen-bond acceptors (Lipinski definition) is 3. The number of aliphatic hydroxyl groups excluding tert-OH is 1. The Balaban J connectivity index is 2.13. The molecule has 5 heteroatoms. The number of hydrogen-bond donors (Lipinski definition) is 2. The molecule has 2 N–H and O–H groups in total. The van der Waals surface area contributed by atoms with Crippen LogP contribution >= 0.6 is 0 Å². The van der Waals surface area contributed by atoms with E-state index in [1.165, 1.54) is 0 Å². The van der Waals surface area contributed by atoms with Gasteiger partial charge in [-0.15, -0.1) is 0 Å². The number of rotatable bonds is 5. The van der Waals surface area contributed by atoms with Crippen LogP contribution in [0.2, 0.25) is 0 Å². The summed E-state index contributed by atoms with van der Waals surface area (Å²) in [7, 11) is 0. The Hall–Kier alpha value is -1.88. The molecular formula is C15H20N2O3. The summed E-state index contributed by atoms with van der Waals surface area (Å²) < 4.78 is 0. The Morgan fingerprint density at radius 2 is 2.30 bits per heavy atom. The van der Waals surface area contributed by atoms with E-state index >= 15 is 0 Å². The minimum Gasteiger partial charge on any atom is -0.394 e. The van der Waals surface area contributed by atoms with Gasteiger partial charge in [-0.25, -0.2) is 0 Å². The number of nitrogens with zero attached hydrogens (tertiary/aromatic N) is 1. The number of nitrogens with one attached hydrogen (secondary N) is 1. The van der Waals surface area contributed by atoms with E-state index in [0.29, 0.717) is 24.9 Å². The summed E-state index contributed by atoms with van der Waals surface area (Å²) in [6.07, 6.45) is 2.10. The monoisotopic (exact) mass is 276 g/mol. The van der Waals surface area contributed by atoms with Crippen LogP contribution in [0.4, 0.5) is 5.69 Å². The second kappa shape index (κ2) is 6.52. The molecule has 1 saturated heterocycles. The summed E-state index contributed by atoms with van der Waals surface area (Å²) in [5.74, 6) is -0.122. The van der Waals surface area contributed by atoms with Gasteiger partial charge in [0.2, 0.25) is 5.91 Å². The quantitative estimate of drug-likeness (QED) is 0.852. The molecule has 1 aliphatic rings. The third-order valence-corrected chi connectivity index (χ3v) is 3.54. The zero-order chi connectivity index (χ0) is 14.5. The van der Waals surface area contributed by atoms with E-state index in [1.54, 1.807) is 23.1 Å². The van der Waals surface area contributed by atoms with Crippen molar-refractivity contribution in [2.45, 2.75) is 32.2 Å². The molecule has 1 fully saturated rings. The van der Waals surface area contributed by atoms with Crippen molar-refractivity contribution < 1.29 is 14.7 Å². The number of carbonyl (C=O) groups is 2. The zero-order valence-electron chi connectivity index (χ0n) is 11.6. The fraction of sp³-hybridized carbons (Fsp3) is 0.467. The standard InChI is InChI=1S/C15H20N2O3/c1-2-12(10-18)16-15(20)11-5-3-6-13(9-11)17-8-4-7-14(17)19/h3,5-6,9,12,18H,2,4,7-8,10H2,1H3,(H,16,20). The number of anilines is 1. The van der Waals surface area contributed by atoms with Crippen molar-refractivity contribution in [2.75, 3.05) is 18.1 Å².